The molecule has 3 aliphatic rings. The number of hydrogen-bond acceptors (Lipinski definition) is 5. The summed E-state index contributed by atoms with van der Waals surface area (Å²) in [5, 5.41) is 16.7. The molecule has 5 atom stereocenters. The SMILES string of the molecule is O=C(NC1CCCCC1)N[C@H]1[C@H](O)[C@@H](n2ccnc2)[C@@H]2OC[C@H]1O2. The lowest BCUT2D eigenvalue weighted by molar-refractivity contribution is -0.163. The highest BCUT2D eigenvalue weighted by Gasteiger charge is 2.51. The molecule has 8 nitrogen and oxygen atoms in total. The maximum atomic E-state index is 12.3. The predicted molar refractivity (Wildman–Crippen MR) is 84.2 cm³/mol. The average Bonchev–Trinajstić information content (AvgIpc) is 3.24. The van der Waals surface area contributed by atoms with Crippen molar-refractivity contribution in [3.8, 4) is 0 Å². The molecule has 24 heavy (non-hydrogen) atoms. The number of carbonyl (C=O) groups is 1. The summed E-state index contributed by atoms with van der Waals surface area (Å²) in [6, 6.07) is -0.965. The average molecular weight is 336 g/mol. The first-order chi connectivity index (χ1) is 11.7. The topological polar surface area (TPSA) is 97.6 Å². The van der Waals surface area contributed by atoms with E-state index in [2.05, 4.69) is 15.6 Å². The minimum atomic E-state index is -0.803. The van der Waals surface area contributed by atoms with Crippen molar-refractivity contribution in [3.05, 3.63) is 18.7 Å². The van der Waals surface area contributed by atoms with E-state index in [1.54, 1.807) is 23.3 Å². The van der Waals surface area contributed by atoms with Crippen LogP contribution >= 0.6 is 0 Å². The van der Waals surface area contributed by atoms with Gasteiger partial charge in [-0.05, 0) is 12.8 Å². The molecule has 0 spiro atoms. The fourth-order valence-corrected chi connectivity index (χ4v) is 3.97. The maximum Gasteiger partial charge on any atom is 0.315 e. The van der Waals surface area contributed by atoms with Crippen molar-refractivity contribution in [2.75, 3.05) is 6.61 Å². The van der Waals surface area contributed by atoms with E-state index >= 15 is 0 Å². The minimum Gasteiger partial charge on any atom is -0.388 e. The zero-order chi connectivity index (χ0) is 16.5. The third-order valence-electron chi connectivity index (χ3n) is 5.24. The van der Waals surface area contributed by atoms with Gasteiger partial charge in [-0.15, -0.1) is 0 Å². The van der Waals surface area contributed by atoms with Gasteiger partial charge in [-0.1, -0.05) is 19.3 Å². The lowest BCUT2D eigenvalue weighted by Crippen LogP contribution is -2.60. The highest BCUT2D eigenvalue weighted by Crippen LogP contribution is 2.35. The number of carbonyl (C=O) groups excluding carboxylic acids is 1. The molecule has 0 aromatic carbocycles. The summed E-state index contributed by atoms with van der Waals surface area (Å²) in [7, 11) is 0. The first kappa shape index (κ1) is 15.9. The van der Waals surface area contributed by atoms with E-state index in [4.69, 9.17) is 9.47 Å². The summed E-state index contributed by atoms with van der Waals surface area (Å²) in [5.74, 6) is 0. The molecule has 2 saturated heterocycles. The lowest BCUT2D eigenvalue weighted by Gasteiger charge is -2.39. The lowest BCUT2D eigenvalue weighted by atomic mass is 9.95. The highest BCUT2D eigenvalue weighted by molar-refractivity contribution is 5.74. The smallest absolute Gasteiger partial charge is 0.315 e. The zero-order valence-electron chi connectivity index (χ0n) is 13.5. The van der Waals surface area contributed by atoms with Gasteiger partial charge in [0.1, 0.15) is 18.2 Å². The van der Waals surface area contributed by atoms with Gasteiger partial charge in [-0.2, -0.15) is 0 Å². The van der Waals surface area contributed by atoms with Gasteiger partial charge in [0, 0.05) is 18.4 Å². The molecular weight excluding hydrogens is 312 g/mol. The number of fused-ring (bicyclic) bond motifs is 2. The minimum absolute atomic E-state index is 0.220. The Hall–Kier alpha value is -1.64. The molecule has 1 aliphatic carbocycles. The van der Waals surface area contributed by atoms with Crippen LogP contribution in [0.3, 0.4) is 0 Å². The Balaban J connectivity index is 1.42. The van der Waals surface area contributed by atoms with E-state index in [0.29, 0.717) is 6.61 Å². The van der Waals surface area contributed by atoms with Crippen molar-refractivity contribution in [2.45, 2.75) is 68.7 Å². The molecule has 0 radical (unpaired) electrons. The molecular formula is C16H24N4O4. The van der Waals surface area contributed by atoms with Crippen LogP contribution in [-0.4, -0.2) is 57.9 Å². The van der Waals surface area contributed by atoms with Crippen molar-refractivity contribution in [1.29, 1.82) is 0 Å². The van der Waals surface area contributed by atoms with Gasteiger partial charge in [-0.25, -0.2) is 9.78 Å². The fourth-order valence-electron chi connectivity index (χ4n) is 3.97. The zero-order valence-corrected chi connectivity index (χ0v) is 13.5. The third-order valence-corrected chi connectivity index (χ3v) is 5.24. The van der Waals surface area contributed by atoms with E-state index in [1.807, 2.05) is 0 Å². The van der Waals surface area contributed by atoms with Crippen LogP contribution in [0, 0.1) is 0 Å². The number of aliphatic hydroxyl groups excluding tert-OH is 1. The maximum absolute atomic E-state index is 12.3. The molecule has 3 N–H and O–H groups in total. The Bertz CT molecular complexity index is 560. The van der Waals surface area contributed by atoms with Gasteiger partial charge in [0.15, 0.2) is 6.29 Å². The number of imidazole rings is 1. The molecule has 1 aromatic rings. The first-order valence-corrected chi connectivity index (χ1v) is 8.72. The van der Waals surface area contributed by atoms with Crippen molar-refractivity contribution in [3.63, 3.8) is 0 Å². The van der Waals surface area contributed by atoms with Gasteiger partial charge >= 0.3 is 6.03 Å². The van der Waals surface area contributed by atoms with Crippen molar-refractivity contribution in [2.24, 2.45) is 0 Å². The molecule has 3 heterocycles. The van der Waals surface area contributed by atoms with Crippen molar-refractivity contribution in [1.82, 2.24) is 20.2 Å². The Labute approximate surface area is 140 Å². The van der Waals surface area contributed by atoms with Crippen LogP contribution in [0.2, 0.25) is 0 Å². The summed E-state index contributed by atoms with van der Waals surface area (Å²) in [4.78, 5) is 16.4. The quantitative estimate of drug-likeness (QED) is 0.748. The second-order valence-electron chi connectivity index (χ2n) is 6.85. The van der Waals surface area contributed by atoms with E-state index in [1.165, 1.54) is 6.42 Å². The van der Waals surface area contributed by atoms with Crippen molar-refractivity contribution < 1.29 is 19.4 Å². The van der Waals surface area contributed by atoms with E-state index in [-0.39, 0.29) is 18.2 Å². The van der Waals surface area contributed by atoms with E-state index in [9.17, 15) is 9.90 Å². The number of ether oxygens (including phenoxy) is 2. The number of aromatic nitrogens is 2. The second kappa shape index (κ2) is 6.70. The summed E-state index contributed by atoms with van der Waals surface area (Å²) in [6.07, 6.45) is 8.96. The summed E-state index contributed by atoms with van der Waals surface area (Å²) in [6.45, 7) is 0.362. The van der Waals surface area contributed by atoms with Gasteiger partial charge in [0.05, 0.1) is 19.0 Å². The predicted octanol–water partition coefficient (Wildman–Crippen LogP) is 0.541. The number of rotatable bonds is 3. The van der Waals surface area contributed by atoms with Crippen LogP contribution in [0.5, 0.6) is 0 Å². The normalized spacial score (nSPS) is 36.5. The van der Waals surface area contributed by atoms with Gasteiger partial charge in [0.2, 0.25) is 0 Å². The number of nitrogens with zero attached hydrogens (tertiary/aromatic N) is 2. The monoisotopic (exact) mass is 336 g/mol. The Morgan fingerprint density at radius 3 is 2.83 bits per heavy atom. The second-order valence-corrected chi connectivity index (χ2v) is 6.85. The molecule has 8 heteroatoms. The number of aliphatic hydroxyl groups is 1. The van der Waals surface area contributed by atoms with Crippen LogP contribution in [0.4, 0.5) is 4.79 Å². The van der Waals surface area contributed by atoms with Crippen LogP contribution in [0.1, 0.15) is 38.1 Å². The Kier molecular flexibility index (Phi) is 4.43. The van der Waals surface area contributed by atoms with Gasteiger partial charge in [0.25, 0.3) is 0 Å². The Morgan fingerprint density at radius 1 is 1.25 bits per heavy atom. The molecule has 1 aromatic heterocycles. The van der Waals surface area contributed by atoms with Crippen molar-refractivity contribution >= 4 is 6.03 Å². The summed E-state index contributed by atoms with van der Waals surface area (Å²) in [5.41, 5.74) is 0. The summed E-state index contributed by atoms with van der Waals surface area (Å²) < 4.78 is 13.2. The Morgan fingerprint density at radius 2 is 2.08 bits per heavy atom. The standard InChI is InChI=1S/C16H24N4O4/c21-14-12(19-16(22)18-10-4-2-1-3-5-10)11-8-23-15(24-11)13(14)20-7-6-17-9-20/h6-7,9-15,21H,1-5,8H2,(H2,18,19,22)/t11-,12-,13-,14+,15-/m1/s1. The van der Waals surface area contributed by atoms with Gasteiger partial charge < -0.3 is 29.8 Å². The molecule has 132 valence electrons. The number of hydrogen-bond donors (Lipinski definition) is 3. The number of nitrogens with one attached hydrogen (secondary N) is 2. The van der Waals surface area contributed by atoms with Crippen LogP contribution in [-0.2, 0) is 9.47 Å². The molecule has 4 rings (SSSR count). The fraction of sp³-hybridized carbons (Fsp3) is 0.750. The highest BCUT2D eigenvalue weighted by atomic mass is 16.7. The molecule has 3 fully saturated rings. The molecule has 1 saturated carbocycles. The van der Waals surface area contributed by atoms with Crippen LogP contribution in [0.25, 0.3) is 0 Å². The van der Waals surface area contributed by atoms with Crippen LogP contribution < -0.4 is 10.6 Å². The molecule has 2 amide bonds. The third kappa shape index (κ3) is 3.01. The van der Waals surface area contributed by atoms with Crippen LogP contribution in [0.15, 0.2) is 18.7 Å². The number of amides is 2. The summed E-state index contributed by atoms with van der Waals surface area (Å²) >= 11 is 0. The van der Waals surface area contributed by atoms with Gasteiger partial charge in [-0.3, -0.25) is 0 Å². The van der Waals surface area contributed by atoms with E-state index < -0.39 is 24.5 Å². The molecule has 0 unspecified atom stereocenters. The molecule has 2 aliphatic heterocycles. The van der Waals surface area contributed by atoms with E-state index in [0.717, 1.165) is 25.7 Å². The number of urea groups is 1. The molecule has 2 bridgehead atoms. The first-order valence-electron chi connectivity index (χ1n) is 8.72. The largest absolute Gasteiger partial charge is 0.388 e.